The monoisotopic (exact) mass is 332 g/mol. The van der Waals surface area contributed by atoms with E-state index in [1.165, 1.54) is 25.3 Å². The van der Waals surface area contributed by atoms with Gasteiger partial charge in [-0.2, -0.15) is 0 Å². The van der Waals surface area contributed by atoms with Crippen molar-refractivity contribution in [3.8, 4) is 0 Å². The number of halogens is 1. The molecule has 1 amide bonds. The molecule has 1 aromatic carbocycles. The van der Waals surface area contributed by atoms with Crippen LogP contribution in [0.15, 0.2) is 24.3 Å². The van der Waals surface area contributed by atoms with Crippen molar-refractivity contribution in [3.63, 3.8) is 0 Å². The predicted octanol–water partition coefficient (Wildman–Crippen LogP) is 3.83. The number of amides is 1. The van der Waals surface area contributed by atoms with Gasteiger partial charge in [-0.3, -0.25) is 9.69 Å². The number of rotatable bonds is 4. The largest absolute Gasteiger partial charge is 0.341 e. The van der Waals surface area contributed by atoms with Crippen LogP contribution in [0.25, 0.3) is 0 Å². The summed E-state index contributed by atoms with van der Waals surface area (Å²) < 4.78 is 13.9. The van der Waals surface area contributed by atoms with Gasteiger partial charge in [-0.15, -0.1) is 0 Å². The van der Waals surface area contributed by atoms with Gasteiger partial charge in [0.15, 0.2) is 0 Å². The van der Waals surface area contributed by atoms with Gasteiger partial charge in [0, 0.05) is 37.7 Å². The van der Waals surface area contributed by atoms with Gasteiger partial charge in [-0.05, 0) is 38.3 Å². The zero-order valence-electron chi connectivity index (χ0n) is 14.7. The molecule has 4 heteroatoms. The van der Waals surface area contributed by atoms with E-state index in [-0.39, 0.29) is 17.8 Å². The fourth-order valence-corrected chi connectivity index (χ4v) is 4.18. The molecule has 0 aromatic heterocycles. The normalized spacial score (nSPS) is 23.2. The minimum atomic E-state index is -0.133. The Morgan fingerprint density at radius 2 is 1.92 bits per heavy atom. The molecular formula is C20H29FN2O. The van der Waals surface area contributed by atoms with Crippen molar-refractivity contribution >= 4 is 5.91 Å². The van der Waals surface area contributed by atoms with Crippen molar-refractivity contribution in [1.29, 1.82) is 0 Å². The fourth-order valence-electron chi connectivity index (χ4n) is 4.18. The van der Waals surface area contributed by atoms with Gasteiger partial charge in [0.1, 0.15) is 5.82 Å². The quantitative estimate of drug-likeness (QED) is 0.836. The Morgan fingerprint density at radius 3 is 2.67 bits per heavy atom. The number of nitrogens with zero attached hydrogens (tertiary/aromatic N) is 2. The average Bonchev–Trinajstić information content (AvgIpc) is 2.63. The minimum Gasteiger partial charge on any atom is -0.341 e. The lowest BCUT2D eigenvalue weighted by Gasteiger charge is -2.39. The molecule has 0 N–H and O–H groups in total. The second-order valence-electron chi connectivity index (χ2n) is 7.41. The van der Waals surface area contributed by atoms with Crippen molar-refractivity contribution in [2.75, 3.05) is 20.1 Å². The standard InChI is InChI=1S/C20H29FN2O/c1-22(20(24)16-8-3-2-4-9-16)18-11-7-13-23(15-18)14-17-10-5-6-12-19(17)21/h5-6,10,12,16,18H,2-4,7-9,11,13-15H2,1H3/t18-/m0/s1. The molecule has 1 saturated carbocycles. The molecule has 2 aliphatic rings. The van der Waals surface area contributed by atoms with Crippen LogP contribution in [0.2, 0.25) is 0 Å². The van der Waals surface area contributed by atoms with Gasteiger partial charge in [0.25, 0.3) is 0 Å². The van der Waals surface area contributed by atoms with E-state index >= 15 is 0 Å². The summed E-state index contributed by atoms with van der Waals surface area (Å²) in [4.78, 5) is 17.0. The molecule has 24 heavy (non-hydrogen) atoms. The average molecular weight is 332 g/mol. The number of carbonyl (C=O) groups excluding carboxylic acids is 1. The van der Waals surface area contributed by atoms with Gasteiger partial charge in [-0.1, -0.05) is 37.5 Å². The van der Waals surface area contributed by atoms with E-state index in [0.717, 1.165) is 44.3 Å². The topological polar surface area (TPSA) is 23.6 Å². The molecule has 3 rings (SSSR count). The molecule has 0 spiro atoms. The maximum atomic E-state index is 13.9. The van der Waals surface area contributed by atoms with Crippen LogP contribution < -0.4 is 0 Å². The molecular weight excluding hydrogens is 303 g/mol. The lowest BCUT2D eigenvalue weighted by Crippen LogP contribution is -2.50. The highest BCUT2D eigenvalue weighted by Gasteiger charge is 2.30. The van der Waals surface area contributed by atoms with Crippen molar-refractivity contribution in [2.45, 2.75) is 57.5 Å². The van der Waals surface area contributed by atoms with Crippen molar-refractivity contribution in [1.82, 2.24) is 9.80 Å². The molecule has 3 nitrogen and oxygen atoms in total. The summed E-state index contributed by atoms with van der Waals surface area (Å²) in [6.45, 7) is 2.47. The second kappa shape index (κ2) is 8.11. The van der Waals surface area contributed by atoms with Crippen LogP contribution in [-0.2, 0) is 11.3 Å². The van der Waals surface area contributed by atoms with Crippen LogP contribution in [0, 0.1) is 11.7 Å². The summed E-state index contributed by atoms with van der Waals surface area (Å²) in [5, 5.41) is 0. The fraction of sp³-hybridized carbons (Fsp3) is 0.650. The van der Waals surface area contributed by atoms with Crippen LogP contribution in [0.1, 0.15) is 50.5 Å². The van der Waals surface area contributed by atoms with Gasteiger partial charge >= 0.3 is 0 Å². The number of likely N-dealkylation sites (tertiary alicyclic amines) is 1. The van der Waals surface area contributed by atoms with Crippen LogP contribution in [-0.4, -0.2) is 41.9 Å². The van der Waals surface area contributed by atoms with E-state index in [4.69, 9.17) is 0 Å². The minimum absolute atomic E-state index is 0.133. The summed E-state index contributed by atoms with van der Waals surface area (Å²) in [5.41, 5.74) is 0.749. The van der Waals surface area contributed by atoms with E-state index in [0.29, 0.717) is 12.5 Å². The molecule has 1 heterocycles. The van der Waals surface area contributed by atoms with Gasteiger partial charge < -0.3 is 4.90 Å². The summed E-state index contributed by atoms with van der Waals surface area (Å²) in [6.07, 6.45) is 7.88. The van der Waals surface area contributed by atoms with Crippen LogP contribution in [0.4, 0.5) is 4.39 Å². The predicted molar refractivity (Wildman–Crippen MR) is 94.0 cm³/mol. The van der Waals surface area contributed by atoms with E-state index < -0.39 is 0 Å². The third-order valence-corrected chi connectivity index (χ3v) is 5.68. The Kier molecular flexibility index (Phi) is 5.88. The first-order valence-electron chi connectivity index (χ1n) is 9.37. The smallest absolute Gasteiger partial charge is 0.225 e. The molecule has 0 radical (unpaired) electrons. The highest BCUT2D eigenvalue weighted by Crippen LogP contribution is 2.27. The Bertz CT molecular complexity index is 556. The number of likely N-dealkylation sites (N-methyl/N-ethyl adjacent to an activating group) is 1. The van der Waals surface area contributed by atoms with Crippen molar-refractivity contribution in [3.05, 3.63) is 35.6 Å². The molecule has 1 aliphatic heterocycles. The lowest BCUT2D eigenvalue weighted by molar-refractivity contribution is -0.138. The maximum Gasteiger partial charge on any atom is 0.225 e. The van der Waals surface area contributed by atoms with Crippen molar-refractivity contribution < 1.29 is 9.18 Å². The summed E-state index contributed by atoms with van der Waals surface area (Å²) in [5.74, 6) is 0.421. The first-order valence-corrected chi connectivity index (χ1v) is 9.37. The maximum absolute atomic E-state index is 13.9. The zero-order valence-corrected chi connectivity index (χ0v) is 14.7. The number of hydrogen-bond donors (Lipinski definition) is 0. The van der Waals surface area contributed by atoms with Crippen LogP contribution in [0.3, 0.4) is 0 Å². The molecule has 0 bridgehead atoms. The number of benzene rings is 1. The SMILES string of the molecule is CN(C(=O)C1CCCCC1)[C@H]1CCCN(Cc2ccccc2F)C1. The molecule has 1 saturated heterocycles. The molecule has 132 valence electrons. The highest BCUT2D eigenvalue weighted by atomic mass is 19.1. The third kappa shape index (κ3) is 4.15. The Balaban J connectivity index is 1.58. The Morgan fingerprint density at radius 1 is 1.17 bits per heavy atom. The number of hydrogen-bond acceptors (Lipinski definition) is 2. The molecule has 1 aliphatic carbocycles. The summed E-state index contributed by atoms with van der Waals surface area (Å²) >= 11 is 0. The first-order chi connectivity index (χ1) is 11.6. The number of piperidine rings is 1. The first kappa shape index (κ1) is 17.4. The zero-order chi connectivity index (χ0) is 16.9. The molecule has 1 atom stereocenters. The van der Waals surface area contributed by atoms with Crippen LogP contribution in [0.5, 0.6) is 0 Å². The molecule has 1 aromatic rings. The second-order valence-corrected chi connectivity index (χ2v) is 7.41. The third-order valence-electron chi connectivity index (χ3n) is 5.68. The summed E-state index contributed by atoms with van der Waals surface area (Å²) in [7, 11) is 1.97. The van der Waals surface area contributed by atoms with Gasteiger partial charge in [0.05, 0.1) is 0 Å². The van der Waals surface area contributed by atoms with E-state index in [1.54, 1.807) is 6.07 Å². The lowest BCUT2D eigenvalue weighted by atomic mass is 9.87. The highest BCUT2D eigenvalue weighted by molar-refractivity contribution is 5.79. The van der Waals surface area contributed by atoms with Gasteiger partial charge in [-0.25, -0.2) is 4.39 Å². The summed E-state index contributed by atoms with van der Waals surface area (Å²) in [6, 6.07) is 7.26. The number of carbonyl (C=O) groups is 1. The van der Waals surface area contributed by atoms with Gasteiger partial charge in [0.2, 0.25) is 5.91 Å². The Hall–Kier alpha value is -1.42. The molecule has 2 fully saturated rings. The van der Waals surface area contributed by atoms with E-state index in [1.807, 2.05) is 24.1 Å². The molecule has 0 unspecified atom stereocenters. The van der Waals surface area contributed by atoms with E-state index in [2.05, 4.69) is 4.90 Å². The Labute approximate surface area is 144 Å². The van der Waals surface area contributed by atoms with Crippen LogP contribution >= 0.6 is 0 Å². The van der Waals surface area contributed by atoms with E-state index in [9.17, 15) is 9.18 Å². The van der Waals surface area contributed by atoms with Crippen molar-refractivity contribution in [2.24, 2.45) is 5.92 Å².